The zero-order valence-corrected chi connectivity index (χ0v) is 16.5. The number of aromatic nitrogens is 2. The predicted molar refractivity (Wildman–Crippen MR) is 112 cm³/mol. The standard InChI is InChI=1S/C22H19N5O3/c1-3-15-4-8-17(9-5-15)27-22(30)19(12-23)14(2)20(26-27)21(29)25-24-13-16-6-10-18(28)11-7-16/h4-11,13,28H,3H2,1-2H3,(H,25,29)/b24-13+. The number of aryl methyl sites for hydroxylation is 1. The van der Waals surface area contributed by atoms with Gasteiger partial charge in [0.15, 0.2) is 5.69 Å². The molecule has 1 amide bonds. The smallest absolute Gasteiger partial charge is 0.292 e. The Balaban J connectivity index is 1.95. The van der Waals surface area contributed by atoms with Crippen molar-refractivity contribution in [3.05, 3.63) is 86.8 Å². The number of hydrogen-bond acceptors (Lipinski definition) is 6. The van der Waals surface area contributed by atoms with E-state index in [1.165, 1.54) is 25.3 Å². The van der Waals surface area contributed by atoms with Crippen LogP contribution in [0.3, 0.4) is 0 Å². The topological polar surface area (TPSA) is 120 Å². The third kappa shape index (κ3) is 4.25. The number of carbonyl (C=O) groups excluding carboxylic acids is 1. The highest BCUT2D eigenvalue weighted by atomic mass is 16.3. The molecule has 0 fully saturated rings. The Morgan fingerprint density at radius 3 is 2.50 bits per heavy atom. The number of nitriles is 1. The number of phenols is 1. The van der Waals surface area contributed by atoms with Crippen molar-refractivity contribution in [2.75, 3.05) is 0 Å². The van der Waals surface area contributed by atoms with Crippen LogP contribution < -0.4 is 11.0 Å². The van der Waals surface area contributed by atoms with Gasteiger partial charge in [0.05, 0.1) is 11.9 Å². The molecule has 1 heterocycles. The molecule has 150 valence electrons. The minimum absolute atomic E-state index is 0.0754. The van der Waals surface area contributed by atoms with E-state index in [1.54, 1.807) is 24.3 Å². The largest absolute Gasteiger partial charge is 0.508 e. The minimum atomic E-state index is -0.655. The van der Waals surface area contributed by atoms with Crippen molar-refractivity contribution in [1.29, 1.82) is 5.26 Å². The molecule has 0 spiro atoms. The summed E-state index contributed by atoms with van der Waals surface area (Å²) in [4.78, 5) is 25.3. The first-order valence-electron chi connectivity index (χ1n) is 9.20. The number of nitrogens with one attached hydrogen (secondary N) is 1. The summed E-state index contributed by atoms with van der Waals surface area (Å²) in [6.07, 6.45) is 2.24. The molecule has 2 N–H and O–H groups in total. The summed E-state index contributed by atoms with van der Waals surface area (Å²) in [5.74, 6) is -0.535. The number of benzene rings is 2. The highest BCUT2D eigenvalue weighted by molar-refractivity contribution is 5.94. The van der Waals surface area contributed by atoms with Crippen LogP contribution in [0.5, 0.6) is 5.75 Å². The van der Waals surface area contributed by atoms with Gasteiger partial charge >= 0.3 is 0 Å². The lowest BCUT2D eigenvalue weighted by Gasteiger charge is -2.11. The lowest BCUT2D eigenvalue weighted by atomic mass is 10.1. The molecule has 0 aliphatic heterocycles. The van der Waals surface area contributed by atoms with Crippen LogP contribution in [0.1, 0.15) is 39.7 Å². The highest BCUT2D eigenvalue weighted by Gasteiger charge is 2.20. The third-order valence-corrected chi connectivity index (χ3v) is 4.53. The molecule has 3 rings (SSSR count). The molecule has 0 bridgehead atoms. The van der Waals surface area contributed by atoms with E-state index in [2.05, 4.69) is 15.6 Å². The average Bonchev–Trinajstić information content (AvgIpc) is 2.75. The summed E-state index contributed by atoms with van der Waals surface area (Å²) in [6, 6.07) is 15.3. The predicted octanol–water partition coefficient (Wildman–Crippen LogP) is 2.44. The van der Waals surface area contributed by atoms with Gasteiger partial charge in [-0.1, -0.05) is 19.1 Å². The summed E-state index contributed by atoms with van der Waals surface area (Å²) >= 11 is 0. The van der Waals surface area contributed by atoms with Gasteiger partial charge in [-0.2, -0.15) is 20.1 Å². The van der Waals surface area contributed by atoms with Crippen LogP contribution in [0, 0.1) is 18.3 Å². The summed E-state index contributed by atoms with van der Waals surface area (Å²) in [7, 11) is 0. The summed E-state index contributed by atoms with van der Waals surface area (Å²) < 4.78 is 1.05. The quantitative estimate of drug-likeness (QED) is 0.502. The van der Waals surface area contributed by atoms with Crippen LogP contribution in [-0.4, -0.2) is 27.0 Å². The lowest BCUT2D eigenvalue weighted by Crippen LogP contribution is -2.31. The maximum Gasteiger partial charge on any atom is 0.292 e. The normalized spacial score (nSPS) is 10.7. The van der Waals surface area contributed by atoms with E-state index in [4.69, 9.17) is 0 Å². The Bertz CT molecular complexity index is 1200. The first-order chi connectivity index (χ1) is 14.4. The van der Waals surface area contributed by atoms with E-state index >= 15 is 0 Å². The van der Waals surface area contributed by atoms with Crippen molar-refractivity contribution in [2.24, 2.45) is 5.10 Å². The fourth-order valence-electron chi connectivity index (χ4n) is 2.78. The molecular weight excluding hydrogens is 382 g/mol. The van der Waals surface area contributed by atoms with Gasteiger partial charge in [0.25, 0.3) is 11.5 Å². The van der Waals surface area contributed by atoms with Crippen LogP contribution in [0.15, 0.2) is 58.4 Å². The Morgan fingerprint density at radius 2 is 1.90 bits per heavy atom. The molecule has 0 saturated heterocycles. The van der Waals surface area contributed by atoms with Crippen molar-refractivity contribution in [1.82, 2.24) is 15.2 Å². The number of phenolic OH excluding ortho intramolecular Hbond substituents is 1. The highest BCUT2D eigenvalue weighted by Crippen LogP contribution is 2.12. The van der Waals surface area contributed by atoms with Crippen LogP contribution in [0.4, 0.5) is 0 Å². The third-order valence-electron chi connectivity index (χ3n) is 4.53. The second-order valence-electron chi connectivity index (χ2n) is 6.49. The maximum absolute atomic E-state index is 12.7. The molecule has 0 atom stereocenters. The SMILES string of the molecule is CCc1ccc(-n2nc(C(=O)N/N=C/c3ccc(O)cc3)c(C)c(C#N)c2=O)cc1. The van der Waals surface area contributed by atoms with E-state index < -0.39 is 11.5 Å². The fourth-order valence-corrected chi connectivity index (χ4v) is 2.78. The molecule has 0 aliphatic rings. The number of rotatable bonds is 5. The Hall–Kier alpha value is -4.25. The Morgan fingerprint density at radius 1 is 1.23 bits per heavy atom. The molecule has 0 unspecified atom stereocenters. The lowest BCUT2D eigenvalue weighted by molar-refractivity contribution is 0.0947. The molecule has 1 aromatic heterocycles. The van der Waals surface area contributed by atoms with Crippen LogP contribution in [0.25, 0.3) is 5.69 Å². The van der Waals surface area contributed by atoms with Crippen molar-refractivity contribution < 1.29 is 9.90 Å². The number of carbonyl (C=O) groups is 1. The second-order valence-corrected chi connectivity index (χ2v) is 6.49. The first-order valence-corrected chi connectivity index (χ1v) is 9.20. The first kappa shape index (κ1) is 20.5. The van der Waals surface area contributed by atoms with Crippen molar-refractivity contribution >= 4 is 12.1 Å². The van der Waals surface area contributed by atoms with Crippen LogP contribution in [-0.2, 0) is 6.42 Å². The van der Waals surface area contributed by atoms with E-state index in [-0.39, 0.29) is 22.6 Å². The molecular formula is C22H19N5O3. The molecule has 30 heavy (non-hydrogen) atoms. The van der Waals surface area contributed by atoms with Gasteiger partial charge in [0.2, 0.25) is 0 Å². The maximum atomic E-state index is 12.7. The number of hydrogen-bond donors (Lipinski definition) is 2. The average molecular weight is 401 g/mol. The van der Waals surface area contributed by atoms with Crippen molar-refractivity contribution in [2.45, 2.75) is 20.3 Å². The fraction of sp³-hybridized carbons (Fsp3) is 0.136. The van der Waals surface area contributed by atoms with Crippen LogP contribution in [0.2, 0.25) is 0 Å². The minimum Gasteiger partial charge on any atom is -0.508 e. The zero-order chi connectivity index (χ0) is 21.7. The molecule has 0 aliphatic carbocycles. The van der Waals surface area contributed by atoms with Crippen molar-refractivity contribution in [3.8, 4) is 17.5 Å². The van der Waals surface area contributed by atoms with Gasteiger partial charge in [-0.3, -0.25) is 9.59 Å². The zero-order valence-electron chi connectivity index (χ0n) is 16.5. The summed E-state index contributed by atoms with van der Waals surface area (Å²) in [5, 5.41) is 26.8. The van der Waals surface area contributed by atoms with Gasteiger partial charge in [-0.15, -0.1) is 0 Å². The second kappa shape index (κ2) is 8.84. The molecule has 0 saturated carbocycles. The number of aromatic hydroxyl groups is 1. The van der Waals surface area contributed by atoms with Crippen LogP contribution >= 0.6 is 0 Å². The van der Waals surface area contributed by atoms with E-state index in [0.29, 0.717) is 11.3 Å². The monoisotopic (exact) mass is 401 g/mol. The van der Waals surface area contributed by atoms with E-state index in [0.717, 1.165) is 16.7 Å². The number of nitrogens with zero attached hydrogens (tertiary/aromatic N) is 4. The molecule has 8 nitrogen and oxygen atoms in total. The molecule has 0 radical (unpaired) electrons. The molecule has 2 aromatic carbocycles. The van der Waals surface area contributed by atoms with Gasteiger partial charge < -0.3 is 5.11 Å². The van der Waals surface area contributed by atoms with E-state index in [1.807, 2.05) is 25.1 Å². The summed E-state index contributed by atoms with van der Waals surface area (Å²) in [6.45, 7) is 3.51. The van der Waals surface area contributed by atoms with Gasteiger partial charge in [0, 0.05) is 5.56 Å². The van der Waals surface area contributed by atoms with E-state index in [9.17, 15) is 20.0 Å². The Labute approximate surface area is 172 Å². The Kier molecular flexibility index (Phi) is 6.03. The summed E-state index contributed by atoms with van der Waals surface area (Å²) in [5.41, 5.74) is 3.91. The number of amides is 1. The van der Waals surface area contributed by atoms with Crippen molar-refractivity contribution in [3.63, 3.8) is 0 Å². The number of hydrazone groups is 1. The van der Waals surface area contributed by atoms with Gasteiger partial charge in [-0.25, -0.2) is 5.43 Å². The molecule has 3 aromatic rings. The van der Waals surface area contributed by atoms with Gasteiger partial charge in [-0.05, 0) is 60.9 Å². The van der Waals surface area contributed by atoms with Gasteiger partial charge in [0.1, 0.15) is 17.4 Å². The molecule has 8 heteroatoms.